The molecule has 25 heavy (non-hydrogen) atoms. The van der Waals surface area contributed by atoms with E-state index in [1.54, 1.807) is 23.1 Å². The van der Waals surface area contributed by atoms with E-state index in [1.165, 1.54) is 0 Å². The maximum Gasteiger partial charge on any atom is 0.231 e. The first-order chi connectivity index (χ1) is 12.1. The molecule has 6 nitrogen and oxygen atoms in total. The zero-order valence-electron chi connectivity index (χ0n) is 13.8. The highest BCUT2D eigenvalue weighted by Crippen LogP contribution is 2.35. The fourth-order valence-corrected chi connectivity index (χ4v) is 3.20. The van der Waals surface area contributed by atoms with Crippen LogP contribution < -0.4 is 19.7 Å². The van der Waals surface area contributed by atoms with Crippen molar-refractivity contribution in [3.8, 4) is 11.5 Å². The largest absolute Gasteiger partial charge is 0.454 e. The first-order valence-corrected chi connectivity index (χ1v) is 8.18. The van der Waals surface area contributed by atoms with E-state index in [0.717, 1.165) is 11.3 Å². The molecule has 1 saturated heterocycles. The lowest BCUT2D eigenvalue weighted by atomic mass is 10.1. The van der Waals surface area contributed by atoms with Crippen molar-refractivity contribution in [2.75, 3.05) is 23.6 Å². The van der Waals surface area contributed by atoms with Crippen molar-refractivity contribution in [2.45, 2.75) is 13.3 Å². The van der Waals surface area contributed by atoms with Crippen LogP contribution in [-0.2, 0) is 9.59 Å². The maximum absolute atomic E-state index is 12.6. The van der Waals surface area contributed by atoms with E-state index in [1.807, 2.05) is 31.2 Å². The second-order valence-electron chi connectivity index (χ2n) is 6.25. The van der Waals surface area contributed by atoms with Gasteiger partial charge in [-0.15, -0.1) is 0 Å². The molecule has 2 aromatic rings. The fourth-order valence-electron chi connectivity index (χ4n) is 3.20. The normalized spacial score (nSPS) is 18.5. The summed E-state index contributed by atoms with van der Waals surface area (Å²) in [6.45, 7) is 2.54. The summed E-state index contributed by atoms with van der Waals surface area (Å²) >= 11 is 0. The maximum atomic E-state index is 12.6. The molecule has 1 N–H and O–H groups in total. The topological polar surface area (TPSA) is 67.9 Å². The number of benzene rings is 2. The number of nitrogens with zero attached hydrogens (tertiary/aromatic N) is 1. The Hall–Kier alpha value is -3.02. The summed E-state index contributed by atoms with van der Waals surface area (Å²) < 4.78 is 10.6. The lowest BCUT2D eigenvalue weighted by molar-refractivity contribution is -0.122. The summed E-state index contributed by atoms with van der Waals surface area (Å²) in [6.07, 6.45) is 0.213. The Kier molecular flexibility index (Phi) is 3.80. The Bertz CT molecular complexity index is 849. The van der Waals surface area contributed by atoms with Gasteiger partial charge in [0.2, 0.25) is 18.6 Å². The van der Waals surface area contributed by atoms with Crippen molar-refractivity contribution in [2.24, 2.45) is 5.92 Å². The molecule has 0 saturated carbocycles. The molecular weight excluding hydrogens is 320 g/mol. The molecule has 2 aliphatic rings. The van der Waals surface area contributed by atoms with Crippen LogP contribution in [0.1, 0.15) is 12.0 Å². The van der Waals surface area contributed by atoms with Crippen LogP contribution in [0.25, 0.3) is 0 Å². The quantitative estimate of drug-likeness (QED) is 0.934. The van der Waals surface area contributed by atoms with E-state index in [0.29, 0.717) is 23.7 Å². The van der Waals surface area contributed by atoms with Gasteiger partial charge in [0.15, 0.2) is 11.5 Å². The van der Waals surface area contributed by atoms with Crippen molar-refractivity contribution in [3.63, 3.8) is 0 Å². The van der Waals surface area contributed by atoms with Gasteiger partial charge in [-0.2, -0.15) is 0 Å². The summed E-state index contributed by atoms with van der Waals surface area (Å²) in [6, 6.07) is 13.0. The number of para-hydroxylation sites is 1. The predicted molar refractivity (Wildman–Crippen MR) is 92.8 cm³/mol. The summed E-state index contributed by atoms with van der Waals surface area (Å²) in [5.41, 5.74) is 2.52. The second kappa shape index (κ2) is 6.12. The molecule has 6 heteroatoms. The number of carbonyl (C=O) groups excluding carboxylic acids is 2. The molecule has 0 unspecified atom stereocenters. The monoisotopic (exact) mass is 338 g/mol. The molecule has 0 bridgehead atoms. The van der Waals surface area contributed by atoms with E-state index in [9.17, 15) is 9.59 Å². The van der Waals surface area contributed by atoms with Crippen LogP contribution in [0.5, 0.6) is 11.5 Å². The van der Waals surface area contributed by atoms with Gasteiger partial charge in [0.1, 0.15) is 0 Å². The summed E-state index contributed by atoms with van der Waals surface area (Å²) in [5, 5.41) is 2.87. The summed E-state index contributed by atoms with van der Waals surface area (Å²) in [4.78, 5) is 26.6. The minimum absolute atomic E-state index is 0.0277. The first kappa shape index (κ1) is 15.5. The van der Waals surface area contributed by atoms with Gasteiger partial charge < -0.3 is 19.7 Å². The molecule has 0 spiro atoms. The van der Waals surface area contributed by atoms with Gasteiger partial charge in [0, 0.05) is 30.4 Å². The second-order valence-corrected chi connectivity index (χ2v) is 6.25. The van der Waals surface area contributed by atoms with Crippen LogP contribution in [0.2, 0.25) is 0 Å². The van der Waals surface area contributed by atoms with E-state index in [2.05, 4.69) is 5.32 Å². The molecule has 2 heterocycles. The molecule has 2 aromatic carbocycles. The molecule has 1 atom stereocenters. The number of nitrogens with one attached hydrogen (secondary N) is 1. The van der Waals surface area contributed by atoms with Gasteiger partial charge in [-0.1, -0.05) is 18.2 Å². The minimum atomic E-state index is -0.377. The van der Waals surface area contributed by atoms with E-state index >= 15 is 0 Å². The molecule has 1 fully saturated rings. The Morgan fingerprint density at radius 3 is 2.80 bits per heavy atom. The van der Waals surface area contributed by atoms with Gasteiger partial charge in [-0.3, -0.25) is 9.59 Å². The van der Waals surface area contributed by atoms with Crippen molar-refractivity contribution in [3.05, 3.63) is 48.0 Å². The minimum Gasteiger partial charge on any atom is -0.454 e. The van der Waals surface area contributed by atoms with Crippen LogP contribution in [-0.4, -0.2) is 25.2 Å². The number of hydrogen-bond donors (Lipinski definition) is 1. The zero-order valence-corrected chi connectivity index (χ0v) is 13.8. The Balaban J connectivity index is 1.47. The van der Waals surface area contributed by atoms with Gasteiger partial charge in [-0.05, 0) is 30.7 Å². The average molecular weight is 338 g/mol. The lowest BCUT2D eigenvalue weighted by Gasteiger charge is -2.19. The Morgan fingerprint density at radius 2 is 1.96 bits per heavy atom. The zero-order chi connectivity index (χ0) is 17.4. The molecule has 0 radical (unpaired) electrons. The number of anilines is 2. The molecule has 4 rings (SSSR count). The standard InChI is InChI=1S/C19H18N2O4/c1-12-4-2-3-5-15(12)21-10-13(8-18(21)22)19(23)20-14-6-7-16-17(9-14)25-11-24-16/h2-7,9,13H,8,10-11H2,1H3,(H,20,23)/t13-/m1/s1. The average Bonchev–Trinajstić information content (AvgIpc) is 3.21. The smallest absolute Gasteiger partial charge is 0.231 e. The number of fused-ring (bicyclic) bond motifs is 1. The Labute approximate surface area is 145 Å². The summed E-state index contributed by atoms with van der Waals surface area (Å²) in [5.74, 6) is 0.711. The van der Waals surface area contributed by atoms with Gasteiger partial charge in [0.05, 0.1) is 5.92 Å². The van der Waals surface area contributed by atoms with Crippen LogP contribution in [0.15, 0.2) is 42.5 Å². The molecule has 128 valence electrons. The van der Waals surface area contributed by atoms with Crippen LogP contribution in [0.4, 0.5) is 11.4 Å². The third-order valence-electron chi connectivity index (χ3n) is 4.54. The fraction of sp³-hybridized carbons (Fsp3) is 0.263. The van der Waals surface area contributed by atoms with Gasteiger partial charge in [0.25, 0.3) is 0 Å². The number of amides is 2. The summed E-state index contributed by atoms with van der Waals surface area (Å²) in [7, 11) is 0. The number of aryl methyl sites for hydroxylation is 1. The number of hydrogen-bond acceptors (Lipinski definition) is 4. The highest BCUT2D eigenvalue weighted by molar-refractivity contribution is 6.03. The Morgan fingerprint density at radius 1 is 1.16 bits per heavy atom. The molecule has 2 aliphatic heterocycles. The number of rotatable bonds is 3. The van der Waals surface area contributed by atoms with Crippen molar-refractivity contribution >= 4 is 23.2 Å². The lowest BCUT2D eigenvalue weighted by Crippen LogP contribution is -2.28. The number of ether oxygens (including phenoxy) is 2. The predicted octanol–water partition coefficient (Wildman–Crippen LogP) is 2.72. The molecule has 2 amide bonds. The van der Waals surface area contributed by atoms with E-state index in [4.69, 9.17) is 9.47 Å². The first-order valence-electron chi connectivity index (χ1n) is 8.18. The van der Waals surface area contributed by atoms with E-state index in [-0.39, 0.29) is 30.9 Å². The van der Waals surface area contributed by atoms with E-state index < -0.39 is 0 Å². The number of carbonyl (C=O) groups is 2. The van der Waals surface area contributed by atoms with Crippen LogP contribution in [0.3, 0.4) is 0 Å². The van der Waals surface area contributed by atoms with Crippen LogP contribution in [0, 0.1) is 12.8 Å². The third kappa shape index (κ3) is 2.91. The van der Waals surface area contributed by atoms with Gasteiger partial charge in [-0.25, -0.2) is 0 Å². The van der Waals surface area contributed by atoms with Crippen LogP contribution >= 0.6 is 0 Å². The highest BCUT2D eigenvalue weighted by Gasteiger charge is 2.35. The van der Waals surface area contributed by atoms with Gasteiger partial charge >= 0.3 is 0 Å². The van der Waals surface area contributed by atoms with Crippen molar-refractivity contribution in [1.82, 2.24) is 0 Å². The third-order valence-corrected chi connectivity index (χ3v) is 4.54. The molecular formula is C19H18N2O4. The highest BCUT2D eigenvalue weighted by atomic mass is 16.7. The SMILES string of the molecule is Cc1ccccc1N1C[C@H](C(=O)Nc2ccc3c(c2)OCO3)CC1=O. The van der Waals surface area contributed by atoms with Crippen molar-refractivity contribution in [1.29, 1.82) is 0 Å². The molecule has 0 aliphatic carbocycles. The molecule has 0 aromatic heterocycles. The van der Waals surface area contributed by atoms with Crippen molar-refractivity contribution < 1.29 is 19.1 Å².